The van der Waals surface area contributed by atoms with Crippen LogP contribution in [0.2, 0.25) is 0 Å². The predicted molar refractivity (Wildman–Crippen MR) is 106 cm³/mol. The first kappa shape index (κ1) is 20.2. The number of hydrogen-bond donors (Lipinski definition) is 1. The van der Waals surface area contributed by atoms with E-state index in [1.54, 1.807) is 6.07 Å². The summed E-state index contributed by atoms with van der Waals surface area (Å²) in [5.41, 5.74) is 7.50. The summed E-state index contributed by atoms with van der Waals surface area (Å²) in [5.74, 6) is 1.29. The minimum atomic E-state index is -0.546. The van der Waals surface area contributed by atoms with Gasteiger partial charge in [0.1, 0.15) is 41.3 Å². The van der Waals surface area contributed by atoms with Crippen molar-refractivity contribution in [3.05, 3.63) is 64.7 Å². The van der Waals surface area contributed by atoms with E-state index in [4.69, 9.17) is 14.9 Å². The zero-order chi connectivity index (χ0) is 20.8. The molecule has 29 heavy (non-hydrogen) atoms. The van der Waals surface area contributed by atoms with Crippen LogP contribution in [0.15, 0.2) is 46.0 Å². The van der Waals surface area contributed by atoms with E-state index in [2.05, 4.69) is 14.7 Å². The summed E-state index contributed by atoms with van der Waals surface area (Å²) in [6.45, 7) is 2.02. The lowest BCUT2D eigenvalue weighted by molar-refractivity contribution is 0.0563. The summed E-state index contributed by atoms with van der Waals surface area (Å²) in [6, 6.07) is 12.8. The number of nitrogens with zero attached hydrogens (tertiary/aromatic N) is 3. The molecule has 2 heterocycles. The molecule has 0 aliphatic heterocycles. The summed E-state index contributed by atoms with van der Waals surface area (Å²) in [5, 5.41) is 9.77. The Labute approximate surface area is 171 Å². The number of nitrogens with two attached hydrogens (primary N) is 1. The van der Waals surface area contributed by atoms with Gasteiger partial charge < -0.3 is 19.6 Å². The number of carbonyl (C=O) groups excluding carboxylic acids is 1. The molecule has 0 spiro atoms. The third-order valence-corrected chi connectivity index (χ3v) is 4.82. The number of ether oxygens (including phenoxy) is 2. The van der Waals surface area contributed by atoms with E-state index < -0.39 is 5.97 Å². The highest BCUT2D eigenvalue weighted by atomic mass is 32.2. The molecule has 0 radical (unpaired) electrons. The number of aromatic nitrogens is 2. The smallest absolute Gasteiger partial charge is 0.373 e. The van der Waals surface area contributed by atoms with Crippen molar-refractivity contribution in [2.24, 2.45) is 0 Å². The van der Waals surface area contributed by atoms with Gasteiger partial charge in [-0.25, -0.2) is 14.8 Å². The number of thioether (sulfide) groups is 1. The van der Waals surface area contributed by atoms with Crippen LogP contribution in [0.1, 0.15) is 33.1 Å². The van der Waals surface area contributed by atoms with Gasteiger partial charge in [-0.05, 0) is 30.7 Å². The lowest BCUT2D eigenvalue weighted by atomic mass is 10.2. The van der Waals surface area contributed by atoms with Crippen LogP contribution in [0.5, 0.6) is 5.75 Å². The molecule has 1 aromatic carbocycles. The molecule has 148 valence electrons. The molecule has 0 amide bonds. The molecule has 0 bridgehead atoms. The van der Waals surface area contributed by atoms with Crippen LogP contribution >= 0.6 is 11.8 Å². The van der Waals surface area contributed by atoms with E-state index in [0.29, 0.717) is 28.1 Å². The molecule has 3 aromatic rings. The zero-order valence-electron chi connectivity index (χ0n) is 15.8. The number of furan rings is 1. The monoisotopic (exact) mass is 410 g/mol. The van der Waals surface area contributed by atoms with Crippen molar-refractivity contribution in [1.29, 1.82) is 5.26 Å². The standard InChI is InChI=1S/C20H18N4O4S/c1-12-5-3-4-6-16(12)27-10-15-14(9-21)18(22)24-20(23-15)29-11-13-7-8-17(28-13)19(25)26-2/h3-8H,10-11H2,1-2H3,(H2,22,23,24). The van der Waals surface area contributed by atoms with E-state index in [9.17, 15) is 10.1 Å². The molecule has 0 aliphatic rings. The second-order valence-corrected chi connectivity index (χ2v) is 6.87. The third-order valence-electron chi connectivity index (χ3n) is 3.95. The Bertz CT molecular complexity index is 1070. The van der Waals surface area contributed by atoms with Gasteiger partial charge in [0.15, 0.2) is 5.16 Å². The third kappa shape index (κ3) is 4.86. The van der Waals surface area contributed by atoms with Gasteiger partial charge in [0.05, 0.1) is 12.9 Å². The molecule has 0 saturated heterocycles. The number of anilines is 1. The van der Waals surface area contributed by atoms with Gasteiger partial charge in [0.2, 0.25) is 5.76 Å². The first-order valence-electron chi connectivity index (χ1n) is 8.56. The van der Waals surface area contributed by atoms with Gasteiger partial charge in [-0.15, -0.1) is 0 Å². The quantitative estimate of drug-likeness (QED) is 0.354. The van der Waals surface area contributed by atoms with E-state index in [-0.39, 0.29) is 23.7 Å². The number of methoxy groups -OCH3 is 1. The second kappa shape index (κ2) is 9.12. The van der Waals surface area contributed by atoms with Crippen LogP contribution in [0.3, 0.4) is 0 Å². The topological polar surface area (TPSA) is 124 Å². The molecule has 9 heteroatoms. The first-order chi connectivity index (χ1) is 14.0. The van der Waals surface area contributed by atoms with E-state index in [0.717, 1.165) is 5.56 Å². The number of hydrogen-bond acceptors (Lipinski definition) is 9. The average Bonchev–Trinajstić information content (AvgIpc) is 3.20. The van der Waals surface area contributed by atoms with Crippen molar-refractivity contribution in [3.63, 3.8) is 0 Å². The lowest BCUT2D eigenvalue weighted by Crippen LogP contribution is -2.08. The Hall–Kier alpha value is -3.51. The number of benzene rings is 1. The molecule has 2 aromatic heterocycles. The largest absolute Gasteiger partial charge is 0.487 e. The second-order valence-electron chi connectivity index (χ2n) is 5.93. The van der Waals surface area contributed by atoms with Crippen molar-refractivity contribution in [1.82, 2.24) is 9.97 Å². The van der Waals surface area contributed by atoms with Crippen molar-refractivity contribution in [2.45, 2.75) is 24.4 Å². The van der Waals surface area contributed by atoms with Gasteiger partial charge in [0, 0.05) is 0 Å². The van der Waals surface area contributed by atoms with E-state index >= 15 is 0 Å². The first-order valence-corrected chi connectivity index (χ1v) is 9.55. The maximum absolute atomic E-state index is 11.5. The zero-order valence-corrected chi connectivity index (χ0v) is 16.7. The molecule has 0 saturated carbocycles. The maximum atomic E-state index is 11.5. The van der Waals surface area contributed by atoms with E-state index in [1.807, 2.05) is 37.3 Å². The number of carbonyl (C=O) groups is 1. The van der Waals surface area contributed by atoms with Crippen molar-refractivity contribution < 1.29 is 18.7 Å². The molecular weight excluding hydrogens is 392 g/mol. The van der Waals surface area contributed by atoms with Crippen LogP contribution in [0.25, 0.3) is 0 Å². The van der Waals surface area contributed by atoms with Crippen molar-refractivity contribution in [2.75, 3.05) is 12.8 Å². The highest BCUT2D eigenvalue weighted by Crippen LogP contribution is 2.25. The van der Waals surface area contributed by atoms with Crippen LogP contribution in [-0.2, 0) is 17.1 Å². The van der Waals surface area contributed by atoms with Crippen LogP contribution in [0.4, 0.5) is 5.82 Å². The van der Waals surface area contributed by atoms with Gasteiger partial charge in [-0.2, -0.15) is 5.26 Å². The van der Waals surface area contributed by atoms with Crippen LogP contribution in [0, 0.1) is 18.3 Å². The predicted octanol–water partition coefficient (Wildman–Crippen LogP) is 3.49. The SMILES string of the molecule is COC(=O)c1ccc(CSc2nc(N)c(C#N)c(COc3ccccc3C)n2)o1. The van der Waals surface area contributed by atoms with Crippen LogP contribution < -0.4 is 10.5 Å². The molecule has 0 atom stereocenters. The lowest BCUT2D eigenvalue weighted by Gasteiger charge is -2.11. The molecular formula is C20H18N4O4S. The molecule has 0 fully saturated rings. The number of nitriles is 1. The normalized spacial score (nSPS) is 10.4. The Morgan fingerprint density at radius 1 is 1.28 bits per heavy atom. The van der Waals surface area contributed by atoms with Crippen molar-refractivity contribution >= 4 is 23.5 Å². The summed E-state index contributed by atoms with van der Waals surface area (Å²) in [7, 11) is 1.28. The van der Waals surface area contributed by atoms with Crippen LogP contribution in [-0.4, -0.2) is 23.0 Å². The van der Waals surface area contributed by atoms with E-state index in [1.165, 1.54) is 24.9 Å². The summed E-state index contributed by atoms with van der Waals surface area (Å²) >= 11 is 1.27. The van der Waals surface area contributed by atoms with Gasteiger partial charge in [-0.3, -0.25) is 0 Å². The maximum Gasteiger partial charge on any atom is 0.373 e. The highest BCUT2D eigenvalue weighted by Gasteiger charge is 2.16. The number of para-hydroxylation sites is 1. The minimum Gasteiger partial charge on any atom is -0.487 e. The molecule has 3 rings (SSSR count). The fourth-order valence-corrected chi connectivity index (χ4v) is 3.22. The number of esters is 1. The minimum absolute atomic E-state index is 0.0846. The Morgan fingerprint density at radius 3 is 2.79 bits per heavy atom. The fraction of sp³-hybridized carbons (Fsp3) is 0.200. The summed E-state index contributed by atoms with van der Waals surface area (Å²) in [4.78, 5) is 20.0. The Balaban J connectivity index is 1.74. The van der Waals surface area contributed by atoms with Crippen molar-refractivity contribution in [3.8, 4) is 11.8 Å². The summed E-state index contributed by atoms with van der Waals surface area (Å²) < 4.78 is 15.8. The molecule has 0 aliphatic carbocycles. The average molecular weight is 410 g/mol. The highest BCUT2D eigenvalue weighted by molar-refractivity contribution is 7.98. The summed E-state index contributed by atoms with van der Waals surface area (Å²) in [6.07, 6.45) is 0. The Morgan fingerprint density at radius 2 is 2.07 bits per heavy atom. The fourth-order valence-electron chi connectivity index (χ4n) is 2.46. The molecule has 8 nitrogen and oxygen atoms in total. The number of rotatable bonds is 7. The van der Waals surface area contributed by atoms with Gasteiger partial charge in [-0.1, -0.05) is 30.0 Å². The number of aryl methyl sites for hydroxylation is 1. The van der Waals surface area contributed by atoms with Gasteiger partial charge >= 0.3 is 5.97 Å². The number of nitrogen functional groups attached to an aromatic ring is 1. The van der Waals surface area contributed by atoms with Gasteiger partial charge in [0.25, 0.3) is 0 Å². The Kier molecular flexibility index (Phi) is 6.36. The molecule has 0 unspecified atom stereocenters. The molecule has 2 N–H and O–H groups in total.